The number of nitrogens with one attached hydrogen (secondary N) is 1. The van der Waals surface area contributed by atoms with Crippen LogP contribution in [0.5, 0.6) is 5.75 Å². The van der Waals surface area contributed by atoms with Gasteiger partial charge in [0.1, 0.15) is 5.76 Å². The van der Waals surface area contributed by atoms with E-state index in [2.05, 4.69) is 10.5 Å². The van der Waals surface area contributed by atoms with Gasteiger partial charge in [-0.2, -0.15) is 0 Å². The fourth-order valence-corrected chi connectivity index (χ4v) is 2.31. The molecule has 0 spiro atoms. The van der Waals surface area contributed by atoms with Crippen LogP contribution in [0, 0.1) is 5.82 Å². The van der Waals surface area contributed by atoms with Crippen molar-refractivity contribution in [3.8, 4) is 5.75 Å². The Hall–Kier alpha value is -2.90. The van der Waals surface area contributed by atoms with Gasteiger partial charge >= 0.3 is 5.97 Å². The van der Waals surface area contributed by atoms with Gasteiger partial charge in [0, 0.05) is 12.0 Å². The van der Waals surface area contributed by atoms with Gasteiger partial charge in [-0.25, -0.2) is 9.18 Å². The van der Waals surface area contributed by atoms with Crippen LogP contribution in [0.25, 0.3) is 0 Å². The molecule has 0 saturated heterocycles. The number of halogens is 1. The highest BCUT2D eigenvalue weighted by atomic mass is 19.1. The van der Waals surface area contributed by atoms with Crippen LogP contribution >= 0.6 is 0 Å². The molecular formula is C16H15FN2O5. The molecule has 8 heteroatoms. The van der Waals surface area contributed by atoms with Crippen LogP contribution in [-0.4, -0.2) is 29.2 Å². The maximum atomic E-state index is 13.8. The number of carboxylic acids is 1. The molecule has 3 rings (SSSR count). The van der Waals surface area contributed by atoms with E-state index in [1.807, 2.05) is 0 Å². The van der Waals surface area contributed by atoms with Crippen molar-refractivity contribution in [1.82, 2.24) is 10.5 Å². The number of carbonyl (C=O) groups is 2. The molecule has 1 aliphatic rings. The van der Waals surface area contributed by atoms with Crippen LogP contribution in [0.15, 0.2) is 28.8 Å². The third-order valence-electron chi connectivity index (χ3n) is 3.77. The Morgan fingerprint density at radius 2 is 2.17 bits per heavy atom. The topological polar surface area (TPSA) is 102 Å². The van der Waals surface area contributed by atoms with Gasteiger partial charge in [-0.3, -0.25) is 4.79 Å². The van der Waals surface area contributed by atoms with Gasteiger partial charge in [-0.1, -0.05) is 11.2 Å². The predicted octanol–water partition coefficient (Wildman–Crippen LogP) is 2.26. The number of methoxy groups -OCH3 is 1. The summed E-state index contributed by atoms with van der Waals surface area (Å²) in [5, 5.41) is 15.3. The zero-order chi connectivity index (χ0) is 17.3. The van der Waals surface area contributed by atoms with Crippen LogP contribution in [0.1, 0.15) is 46.6 Å². The van der Waals surface area contributed by atoms with E-state index < -0.39 is 23.7 Å². The molecule has 1 aliphatic carbocycles. The first kappa shape index (κ1) is 16.0. The van der Waals surface area contributed by atoms with E-state index in [9.17, 15) is 19.1 Å². The zero-order valence-electron chi connectivity index (χ0n) is 12.8. The summed E-state index contributed by atoms with van der Waals surface area (Å²) in [6.07, 6.45) is 1.97. The Bertz CT molecular complexity index is 785. The number of rotatable bonds is 6. The van der Waals surface area contributed by atoms with Crippen LogP contribution in [0.3, 0.4) is 0 Å². The summed E-state index contributed by atoms with van der Waals surface area (Å²) in [6.45, 7) is 0. The predicted molar refractivity (Wildman–Crippen MR) is 79.3 cm³/mol. The van der Waals surface area contributed by atoms with Gasteiger partial charge in [-0.05, 0) is 30.5 Å². The standard InChI is InChI=1S/C16H15FN2O5/c1-23-12-5-4-9(6-10(12)17)14(16(21)22)18-15(20)11-7-13(24-19-11)8-2-3-8/h4-8,14H,2-3H2,1H3,(H,18,20)(H,21,22). The van der Waals surface area contributed by atoms with E-state index in [0.717, 1.165) is 18.9 Å². The lowest BCUT2D eigenvalue weighted by atomic mass is 10.1. The van der Waals surface area contributed by atoms with Gasteiger partial charge < -0.3 is 19.7 Å². The van der Waals surface area contributed by atoms with Crippen molar-refractivity contribution < 1.29 is 28.3 Å². The van der Waals surface area contributed by atoms with Crippen molar-refractivity contribution in [2.24, 2.45) is 0 Å². The molecule has 7 nitrogen and oxygen atoms in total. The number of nitrogens with zero attached hydrogens (tertiary/aromatic N) is 1. The molecule has 0 aliphatic heterocycles. The summed E-state index contributed by atoms with van der Waals surface area (Å²) >= 11 is 0. The molecule has 0 radical (unpaired) electrons. The largest absolute Gasteiger partial charge is 0.494 e. The van der Waals surface area contributed by atoms with Crippen LogP contribution in [0.2, 0.25) is 0 Å². The SMILES string of the molecule is COc1ccc(C(NC(=O)c2cc(C3CC3)on2)C(=O)O)cc1F. The minimum absolute atomic E-state index is 0.00265. The van der Waals surface area contributed by atoms with Crippen molar-refractivity contribution in [2.45, 2.75) is 24.8 Å². The highest BCUT2D eigenvalue weighted by molar-refractivity contribution is 5.95. The first-order chi connectivity index (χ1) is 11.5. The first-order valence-corrected chi connectivity index (χ1v) is 7.33. The van der Waals surface area contributed by atoms with Crippen molar-refractivity contribution in [3.05, 3.63) is 47.1 Å². The van der Waals surface area contributed by atoms with Gasteiger partial charge in [0.05, 0.1) is 7.11 Å². The molecule has 1 amide bonds. The molecule has 1 unspecified atom stereocenters. The summed E-state index contributed by atoms with van der Waals surface area (Å²) in [5.74, 6) is -1.85. The average Bonchev–Trinajstić information content (AvgIpc) is 3.29. The number of hydrogen-bond acceptors (Lipinski definition) is 5. The second-order valence-corrected chi connectivity index (χ2v) is 5.53. The number of carbonyl (C=O) groups excluding carboxylic acids is 1. The number of benzene rings is 1. The fourth-order valence-electron chi connectivity index (χ4n) is 2.31. The zero-order valence-corrected chi connectivity index (χ0v) is 12.8. The normalized spacial score (nSPS) is 14.9. The van der Waals surface area contributed by atoms with Gasteiger partial charge in [-0.15, -0.1) is 0 Å². The Morgan fingerprint density at radius 3 is 2.75 bits per heavy atom. The molecular weight excluding hydrogens is 319 g/mol. The molecule has 1 heterocycles. The van der Waals surface area contributed by atoms with Crippen LogP contribution in [0.4, 0.5) is 4.39 Å². The monoisotopic (exact) mass is 334 g/mol. The maximum absolute atomic E-state index is 13.8. The number of carboxylic acid groups (broad SMARTS) is 1. The number of ether oxygens (including phenoxy) is 1. The second kappa shape index (κ2) is 6.31. The van der Waals surface area contributed by atoms with Crippen molar-refractivity contribution in [2.75, 3.05) is 7.11 Å². The van der Waals surface area contributed by atoms with Crippen molar-refractivity contribution in [3.63, 3.8) is 0 Å². The molecule has 0 bridgehead atoms. The Balaban J connectivity index is 1.79. The second-order valence-electron chi connectivity index (χ2n) is 5.53. The van der Waals surface area contributed by atoms with E-state index >= 15 is 0 Å². The molecule has 1 aromatic heterocycles. The lowest BCUT2D eigenvalue weighted by Crippen LogP contribution is -2.34. The first-order valence-electron chi connectivity index (χ1n) is 7.33. The van der Waals surface area contributed by atoms with E-state index in [1.54, 1.807) is 0 Å². The fraction of sp³-hybridized carbons (Fsp3) is 0.312. The summed E-state index contributed by atoms with van der Waals surface area (Å²) in [6, 6.07) is 3.77. The number of amides is 1. The molecule has 1 aromatic carbocycles. The molecule has 2 aromatic rings. The van der Waals surface area contributed by atoms with Crippen LogP contribution in [-0.2, 0) is 4.79 Å². The summed E-state index contributed by atoms with van der Waals surface area (Å²) in [5.41, 5.74) is 0.0807. The Labute approximate surface area is 136 Å². The van der Waals surface area contributed by atoms with Crippen LogP contribution < -0.4 is 10.1 Å². The number of aromatic nitrogens is 1. The minimum Gasteiger partial charge on any atom is -0.494 e. The molecule has 1 fully saturated rings. The average molecular weight is 334 g/mol. The summed E-state index contributed by atoms with van der Waals surface area (Å²) in [7, 11) is 1.30. The van der Waals surface area contributed by atoms with E-state index in [1.165, 1.54) is 25.3 Å². The minimum atomic E-state index is -1.42. The smallest absolute Gasteiger partial charge is 0.330 e. The quantitative estimate of drug-likeness (QED) is 0.840. The van der Waals surface area contributed by atoms with Crippen molar-refractivity contribution >= 4 is 11.9 Å². The Kier molecular flexibility index (Phi) is 4.20. The van der Waals surface area contributed by atoms with E-state index in [4.69, 9.17) is 9.26 Å². The van der Waals surface area contributed by atoms with Crippen molar-refractivity contribution in [1.29, 1.82) is 0 Å². The Morgan fingerprint density at radius 1 is 1.42 bits per heavy atom. The summed E-state index contributed by atoms with van der Waals surface area (Å²) in [4.78, 5) is 23.6. The third-order valence-corrected chi connectivity index (χ3v) is 3.77. The highest BCUT2D eigenvalue weighted by Gasteiger charge is 2.30. The van der Waals surface area contributed by atoms with E-state index in [-0.39, 0.29) is 22.9 Å². The van der Waals surface area contributed by atoms with Gasteiger partial charge in [0.2, 0.25) is 0 Å². The number of hydrogen-bond donors (Lipinski definition) is 2. The molecule has 24 heavy (non-hydrogen) atoms. The third kappa shape index (κ3) is 3.22. The van der Waals surface area contributed by atoms with Gasteiger partial charge in [0.25, 0.3) is 5.91 Å². The molecule has 1 saturated carbocycles. The molecule has 2 N–H and O–H groups in total. The van der Waals surface area contributed by atoms with E-state index in [0.29, 0.717) is 5.76 Å². The lowest BCUT2D eigenvalue weighted by Gasteiger charge is -2.14. The summed E-state index contributed by atoms with van der Waals surface area (Å²) < 4.78 is 23.6. The number of aliphatic carboxylic acids is 1. The molecule has 126 valence electrons. The maximum Gasteiger partial charge on any atom is 0.330 e. The van der Waals surface area contributed by atoms with Gasteiger partial charge in [0.15, 0.2) is 23.3 Å². The lowest BCUT2D eigenvalue weighted by molar-refractivity contribution is -0.139. The highest BCUT2D eigenvalue weighted by Crippen LogP contribution is 2.40. The molecule has 1 atom stereocenters.